The fourth-order valence-corrected chi connectivity index (χ4v) is 4.49. The Morgan fingerprint density at radius 1 is 1.24 bits per heavy atom. The van der Waals surface area contributed by atoms with Gasteiger partial charge in [0.15, 0.2) is 5.65 Å². The van der Waals surface area contributed by atoms with Gasteiger partial charge in [0.25, 0.3) is 0 Å². The molecule has 0 spiro atoms. The third kappa shape index (κ3) is 5.36. The fourth-order valence-electron chi connectivity index (χ4n) is 4.49. The molecule has 7 nitrogen and oxygen atoms in total. The van der Waals surface area contributed by atoms with E-state index in [1.54, 1.807) is 0 Å². The molecule has 1 unspecified atom stereocenters. The third-order valence-electron chi connectivity index (χ3n) is 6.56. The molecule has 4 rings (SSSR count). The number of benzene rings is 1. The average molecular weight is 467 g/mol. The highest BCUT2D eigenvalue weighted by atomic mass is 16.5. The van der Waals surface area contributed by atoms with Gasteiger partial charge in [-0.15, -0.1) is 0 Å². The zero-order valence-corrected chi connectivity index (χ0v) is 21.1. The first kappa shape index (κ1) is 24.5. The topological polar surface area (TPSA) is 72.1 Å². The molecule has 1 saturated heterocycles. The molecule has 3 heterocycles. The van der Waals surface area contributed by atoms with Crippen LogP contribution in [-0.4, -0.2) is 58.7 Å². The zero-order chi connectivity index (χ0) is 24.3. The second-order valence-corrected chi connectivity index (χ2v) is 10.3. The van der Waals surface area contributed by atoms with E-state index in [0.717, 1.165) is 72.9 Å². The Bertz CT molecular complexity index is 1100. The lowest BCUT2D eigenvalue weighted by molar-refractivity contribution is 0.0853. The van der Waals surface area contributed by atoms with Gasteiger partial charge >= 0.3 is 0 Å². The number of ether oxygens (including phenoxy) is 2. The number of aliphatic hydroxyl groups is 1. The molecule has 1 fully saturated rings. The van der Waals surface area contributed by atoms with Crippen LogP contribution in [-0.2, 0) is 10.2 Å². The van der Waals surface area contributed by atoms with E-state index in [2.05, 4.69) is 51.8 Å². The molecule has 1 aliphatic rings. The largest absolute Gasteiger partial charge is 0.491 e. The normalized spacial score (nSPS) is 16.1. The summed E-state index contributed by atoms with van der Waals surface area (Å²) in [6, 6.07) is 10.5. The molecular weight excluding hydrogens is 428 g/mol. The van der Waals surface area contributed by atoms with E-state index in [1.165, 1.54) is 0 Å². The first-order valence-corrected chi connectivity index (χ1v) is 12.4. The lowest BCUT2D eigenvalue weighted by Crippen LogP contribution is -2.37. The summed E-state index contributed by atoms with van der Waals surface area (Å²) in [7, 11) is 2.14. The van der Waals surface area contributed by atoms with Crippen LogP contribution in [0.1, 0.15) is 58.9 Å². The number of rotatable bonds is 8. The van der Waals surface area contributed by atoms with E-state index >= 15 is 0 Å². The van der Waals surface area contributed by atoms with E-state index in [4.69, 9.17) is 19.6 Å². The van der Waals surface area contributed by atoms with E-state index in [9.17, 15) is 5.11 Å². The number of hydrogen-bond acceptors (Lipinski definition) is 6. The van der Waals surface area contributed by atoms with Crippen molar-refractivity contribution in [3.05, 3.63) is 42.1 Å². The molecule has 1 N–H and O–H groups in total. The van der Waals surface area contributed by atoms with Crippen molar-refractivity contribution in [2.75, 3.05) is 31.8 Å². The number of anilines is 1. The molecule has 34 heavy (non-hydrogen) atoms. The summed E-state index contributed by atoms with van der Waals surface area (Å²) >= 11 is 0. The summed E-state index contributed by atoms with van der Waals surface area (Å²) in [5.74, 6) is 1.75. The predicted octanol–water partition coefficient (Wildman–Crippen LogP) is 4.85. The SMILES string of the molecule is CCCC(O)COc1cccc(-c2cc(N(C)C3CCOCC3)n3ncc(C(C)(C)C)c3n2)c1. The Morgan fingerprint density at radius 2 is 2.00 bits per heavy atom. The zero-order valence-electron chi connectivity index (χ0n) is 21.1. The molecule has 1 atom stereocenters. The second kappa shape index (κ2) is 10.3. The molecule has 2 aromatic heterocycles. The second-order valence-electron chi connectivity index (χ2n) is 10.3. The molecule has 0 saturated carbocycles. The number of fused-ring (bicyclic) bond motifs is 1. The summed E-state index contributed by atoms with van der Waals surface area (Å²) in [6.45, 7) is 10.5. The first-order valence-electron chi connectivity index (χ1n) is 12.4. The van der Waals surface area contributed by atoms with E-state index in [-0.39, 0.29) is 12.0 Å². The summed E-state index contributed by atoms with van der Waals surface area (Å²) in [5.41, 5.74) is 3.77. The Hall–Kier alpha value is -2.64. The Kier molecular flexibility index (Phi) is 7.43. The van der Waals surface area contributed by atoms with Crippen LogP contribution in [0.3, 0.4) is 0 Å². The van der Waals surface area contributed by atoms with Crippen molar-refractivity contribution in [1.29, 1.82) is 0 Å². The van der Waals surface area contributed by atoms with Gasteiger partial charge in [-0.2, -0.15) is 9.61 Å². The minimum Gasteiger partial charge on any atom is -0.491 e. The monoisotopic (exact) mass is 466 g/mol. The van der Waals surface area contributed by atoms with Crippen molar-refractivity contribution in [2.24, 2.45) is 0 Å². The number of aromatic nitrogens is 3. The highest BCUT2D eigenvalue weighted by Crippen LogP contribution is 2.33. The van der Waals surface area contributed by atoms with Crippen LogP contribution in [0.15, 0.2) is 36.5 Å². The number of hydrogen-bond donors (Lipinski definition) is 1. The third-order valence-corrected chi connectivity index (χ3v) is 6.56. The number of aliphatic hydroxyl groups excluding tert-OH is 1. The van der Waals surface area contributed by atoms with Gasteiger partial charge < -0.3 is 19.5 Å². The molecule has 1 aliphatic heterocycles. The highest BCUT2D eigenvalue weighted by molar-refractivity contribution is 5.70. The summed E-state index contributed by atoms with van der Waals surface area (Å²) in [4.78, 5) is 7.39. The molecular formula is C27H38N4O3. The molecule has 184 valence electrons. The quantitative estimate of drug-likeness (QED) is 0.512. The molecule has 0 radical (unpaired) electrons. The minimum absolute atomic E-state index is 0.0811. The van der Waals surface area contributed by atoms with Crippen LogP contribution < -0.4 is 9.64 Å². The lowest BCUT2D eigenvalue weighted by Gasteiger charge is -2.33. The predicted molar refractivity (Wildman–Crippen MR) is 136 cm³/mol. The molecule has 3 aromatic rings. The molecule has 0 bridgehead atoms. The summed E-state index contributed by atoms with van der Waals surface area (Å²) < 4.78 is 13.4. The Labute approximate surface area is 202 Å². The maximum atomic E-state index is 10.1. The van der Waals surface area contributed by atoms with Crippen LogP contribution in [0.4, 0.5) is 5.82 Å². The Balaban J connectivity index is 1.74. The Morgan fingerprint density at radius 3 is 2.71 bits per heavy atom. The first-order chi connectivity index (χ1) is 16.3. The van der Waals surface area contributed by atoms with Crippen LogP contribution in [0, 0.1) is 0 Å². The molecule has 7 heteroatoms. The summed E-state index contributed by atoms with van der Waals surface area (Å²) in [6.07, 6.45) is 5.14. The van der Waals surface area contributed by atoms with Crippen LogP contribution in [0.2, 0.25) is 0 Å². The van der Waals surface area contributed by atoms with Gasteiger partial charge in [0.2, 0.25) is 0 Å². The number of nitrogens with zero attached hydrogens (tertiary/aromatic N) is 4. The maximum Gasteiger partial charge on any atom is 0.161 e. The van der Waals surface area contributed by atoms with E-state index in [1.807, 2.05) is 28.9 Å². The molecule has 0 amide bonds. The van der Waals surface area contributed by atoms with Gasteiger partial charge in [0.05, 0.1) is 18.0 Å². The minimum atomic E-state index is -0.455. The summed E-state index contributed by atoms with van der Waals surface area (Å²) in [5, 5.41) is 14.8. The van der Waals surface area contributed by atoms with Gasteiger partial charge in [0, 0.05) is 43.5 Å². The van der Waals surface area contributed by atoms with Gasteiger partial charge in [-0.25, -0.2) is 4.98 Å². The molecule has 1 aromatic carbocycles. The van der Waals surface area contributed by atoms with Crippen LogP contribution >= 0.6 is 0 Å². The lowest BCUT2D eigenvalue weighted by atomic mass is 9.89. The van der Waals surface area contributed by atoms with Gasteiger partial charge in [-0.3, -0.25) is 0 Å². The smallest absolute Gasteiger partial charge is 0.161 e. The van der Waals surface area contributed by atoms with Crippen LogP contribution in [0.5, 0.6) is 5.75 Å². The van der Waals surface area contributed by atoms with Crippen molar-refractivity contribution >= 4 is 11.5 Å². The highest BCUT2D eigenvalue weighted by Gasteiger charge is 2.26. The maximum absolute atomic E-state index is 10.1. The van der Waals surface area contributed by atoms with Gasteiger partial charge in [-0.05, 0) is 36.8 Å². The van der Waals surface area contributed by atoms with Crippen molar-refractivity contribution in [3.8, 4) is 17.0 Å². The van der Waals surface area contributed by atoms with Gasteiger partial charge in [0.1, 0.15) is 18.2 Å². The van der Waals surface area contributed by atoms with Crippen molar-refractivity contribution in [3.63, 3.8) is 0 Å². The van der Waals surface area contributed by atoms with Crippen molar-refractivity contribution < 1.29 is 14.6 Å². The van der Waals surface area contributed by atoms with E-state index < -0.39 is 6.10 Å². The van der Waals surface area contributed by atoms with Crippen molar-refractivity contribution in [1.82, 2.24) is 14.6 Å². The standard InChI is InChI=1S/C27H38N4O3/c1-6-8-21(32)18-34-22-10-7-9-19(15-22)24-16-25(30(5)20-11-13-33-14-12-20)31-26(29-24)23(17-28-31)27(2,3)4/h7,9-10,15-17,20-21,32H,6,8,11-14,18H2,1-5H3. The fraction of sp³-hybridized carbons (Fsp3) is 0.556. The van der Waals surface area contributed by atoms with Crippen molar-refractivity contribution in [2.45, 2.75) is 70.9 Å². The van der Waals surface area contributed by atoms with Crippen LogP contribution in [0.25, 0.3) is 16.9 Å². The average Bonchev–Trinajstić information content (AvgIpc) is 3.27. The molecule has 0 aliphatic carbocycles. The van der Waals surface area contributed by atoms with E-state index in [0.29, 0.717) is 6.04 Å². The van der Waals surface area contributed by atoms with Gasteiger partial charge in [-0.1, -0.05) is 46.2 Å².